The number of nitro benzene ring substituents is 1. The van der Waals surface area contributed by atoms with Gasteiger partial charge in [0.15, 0.2) is 0 Å². The Hall–Kier alpha value is -1.07. The zero-order chi connectivity index (χ0) is 10.1. The van der Waals surface area contributed by atoms with Gasteiger partial charge in [0.05, 0.1) is 9.13 Å². The Kier molecular flexibility index (Phi) is 2.43. The highest BCUT2D eigenvalue weighted by Gasteiger charge is 2.08. The van der Waals surface area contributed by atoms with E-state index in [9.17, 15) is 10.1 Å². The van der Waals surface area contributed by atoms with Gasteiger partial charge in [-0.05, 0) is 18.4 Å². The number of hydrogen-bond donors (Lipinski definition) is 0. The standard InChI is InChI=1S/C9H7NO2S2/c1-13-9-5-6-4-7(10(11)12)2-3-8(6)14-9/h2-5H,1H3. The molecular formula is C9H7NO2S2. The van der Waals surface area contributed by atoms with Crippen molar-refractivity contribution >= 4 is 38.9 Å². The highest BCUT2D eigenvalue weighted by molar-refractivity contribution is 8.00. The van der Waals surface area contributed by atoms with Crippen LogP contribution in [0.25, 0.3) is 10.1 Å². The van der Waals surface area contributed by atoms with Crippen LogP contribution in [0, 0.1) is 10.1 Å². The molecule has 0 saturated heterocycles. The fourth-order valence-electron chi connectivity index (χ4n) is 1.22. The average molecular weight is 225 g/mol. The van der Waals surface area contributed by atoms with Gasteiger partial charge in [-0.2, -0.15) is 0 Å². The molecular weight excluding hydrogens is 218 g/mol. The first-order chi connectivity index (χ1) is 6.70. The molecule has 0 aliphatic rings. The lowest BCUT2D eigenvalue weighted by atomic mass is 10.2. The molecule has 0 saturated carbocycles. The predicted octanol–water partition coefficient (Wildman–Crippen LogP) is 3.53. The number of hydrogen-bond acceptors (Lipinski definition) is 4. The van der Waals surface area contributed by atoms with Crippen molar-refractivity contribution in [1.29, 1.82) is 0 Å². The number of non-ortho nitro benzene ring substituents is 1. The first kappa shape index (κ1) is 9.48. The van der Waals surface area contributed by atoms with Crippen LogP contribution in [0.15, 0.2) is 28.5 Å². The molecule has 1 aromatic heterocycles. The van der Waals surface area contributed by atoms with Crippen LogP contribution in [0.1, 0.15) is 0 Å². The summed E-state index contributed by atoms with van der Waals surface area (Å²) in [7, 11) is 0. The van der Waals surface area contributed by atoms with Crippen molar-refractivity contribution in [3.8, 4) is 0 Å². The molecule has 1 aromatic carbocycles. The number of fused-ring (bicyclic) bond motifs is 1. The summed E-state index contributed by atoms with van der Waals surface area (Å²) in [5, 5.41) is 11.5. The number of thiophene rings is 1. The molecule has 0 aliphatic carbocycles. The summed E-state index contributed by atoms with van der Waals surface area (Å²) in [6.45, 7) is 0. The molecule has 14 heavy (non-hydrogen) atoms. The fraction of sp³-hybridized carbons (Fsp3) is 0.111. The molecule has 2 aromatic rings. The molecule has 0 N–H and O–H groups in total. The Balaban J connectivity index is 2.59. The van der Waals surface area contributed by atoms with Gasteiger partial charge in [0, 0.05) is 22.2 Å². The second kappa shape index (κ2) is 3.59. The molecule has 0 unspecified atom stereocenters. The van der Waals surface area contributed by atoms with E-state index in [1.54, 1.807) is 41.3 Å². The largest absolute Gasteiger partial charge is 0.270 e. The van der Waals surface area contributed by atoms with E-state index in [0.717, 1.165) is 10.1 Å². The Morgan fingerprint density at radius 3 is 2.86 bits per heavy atom. The third-order valence-corrected chi connectivity index (χ3v) is 4.07. The zero-order valence-corrected chi connectivity index (χ0v) is 9.02. The molecule has 0 atom stereocenters. The molecule has 5 heteroatoms. The minimum absolute atomic E-state index is 0.156. The van der Waals surface area contributed by atoms with Gasteiger partial charge in [-0.3, -0.25) is 10.1 Å². The van der Waals surface area contributed by atoms with Crippen LogP contribution in [0.5, 0.6) is 0 Å². The second-order valence-electron chi connectivity index (χ2n) is 2.75. The first-order valence-corrected chi connectivity index (χ1v) is 5.97. The number of rotatable bonds is 2. The number of benzene rings is 1. The van der Waals surface area contributed by atoms with E-state index in [-0.39, 0.29) is 10.6 Å². The third kappa shape index (κ3) is 1.60. The fourth-order valence-corrected chi connectivity index (χ4v) is 2.84. The van der Waals surface area contributed by atoms with Crippen LogP contribution in [-0.4, -0.2) is 11.2 Å². The summed E-state index contributed by atoms with van der Waals surface area (Å²) in [5.74, 6) is 0. The van der Waals surface area contributed by atoms with Crippen LogP contribution in [0.4, 0.5) is 5.69 Å². The quantitative estimate of drug-likeness (QED) is 0.446. The number of thioether (sulfide) groups is 1. The predicted molar refractivity (Wildman–Crippen MR) is 60.3 cm³/mol. The lowest BCUT2D eigenvalue weighted by Crippen LogP contribution is -1.85. The van der Waals surface area contributed by atoms with Crippen molar-refractivity contribution in [2.45, 2.75) is 4.21 Å². The van der Waals surface area contributed by atoms with Gasteiger partial charge in [-0.15, -0.1) is 23.1 Å². The van der Waals surface area contributed by atoms with Gasteiger partial charge in [0.1, 0.15) is 0 Å². The smallest absolute Gasteiger partial charge is 0.258 e. The molecule has 2 rings (SSSR count). The van der Waals surface area contributed by atoms with Crippen molar-refractivity contribution in [1.82, 2.24) is 0 Å². The summed E-state index contributed by atoms with van der Waals surface area (Å²) >= 11 is 3.32. The van der Waals surface area contributed by atoms with E-state index in [0.29, 0.717) is 0 Å². The average Bonchev–Trinajstić information content (AvgIpc) is 2.58. The first-order valence-electron chi connectivity index (χ1n) is 3.92. The summed E-state index contributed by atoms with van der Waals surface area (Å²) in [4.78, 5) is 10.2. The third-order valence-electron chi connectivity index (χ3n) is 1.89. The van der Waals surface area contributed by atoms with Crippen molar-refractivity contribution < 1.29 is 4.92 Å². The van der Waals surface area contributed by atoms with Crippen molar-refractivity contribution in [3.63, 3.8) is 0 Å². The second-order valence-corrected chi connectivity index (χ2v) is 4.94. The molecule has 0 spiro atoms. The Labute approximate surface area is 88.9 Å². The van der Waals surface area contributed by atoms with Crippen molar-refractivity contribution in [3.05, 3.63) is 34.4 Å². The lowest BCUT2D eigenvalue weighted by molar-refractivity contribution is -0.384. The van der Waals surface area contributed by atoms with Gasteiger partial charge >= 0.3 is 0 Å². The maximum absolute atomic E-state index is 10.5. The van der Waals surface area contributed by atoms with Crippen LogP contribution in [0.3, 0.4) is 0 Å². The monoisotopic (exact) mass is 225 g/mol. The summed E-state index contributed by atoms with van der Waals surface area (Å²) in [6.07, 6.45) is 2.00. The summed E-state index contributed by atoms with van der Waals surface area (Å²) < 4.78 is 2.28. The number of nitro groups is 1. The molecule has 0 aliphatic heterocycles. The van der Waals surface area contributed by atoms with Gasteiger partial charge in [-0.1, -0.05) is 0 Å². The van der Waals surface area contributed by atoms with Gasteiger partial charge < -0.3 is 0 Å². The Morgan fingerprint density at radius 1 is 1.43 bits per heavy atom. The highest BCUT2D eigenvalue weighted by Crippen LogP contribution is 2.33. The van der Waals surface area contributed by atoms with Crippen molar-refractivity contribution in [2.75, 3.05) is 6.26 Å². The molecule has 0 fully saturated rings. The Bertz CT molecular complexity index is 493. The molecule has 3 nitrogen and oxygen atoms in total. The van der Waals surface area contributed by atoms with Crippen LogP contribution in [-0.2, 0) is 0 Å². The topological polar surface area (TPSA) is 43.1 Å². The van der Waals surface area contributed by atoms with Crippen LogP contribution < -0.4 is 0 Å². The SMILES string of the molecule is CSc1cc2cc([N+](=O)[O-])ccc2s1. The minimum atomic E-state index is -0.365. The molecule has 72 valence electrons. The van der Waals surface area contributed by atoms with E-state index in [2.05, 4.69) is 0 Å². The van der Waals surface area contributed by atoms with Crippen LogP contribution >= 0.6 is 23.1 Å². The Morgan fingerprint density at radius 2 is 2.21 bits per heavy atom. The van der Waals surface area contributed by atoms with Gasteiger partial charge in [-0.25, -0.2) is 0 Å². The van der Waals surface area contributed by atoms with Crippen molar-refractivity contribution in [2.24, 2.45) is 0 Å². The molecule has 0 amide bonds. The van der Waals surface area contributed by atoms with E-state index in [1.807, 2.05) is 12.3 Å². The molecule has 1 heterocycles. The minimum Gasteiger partial charge on any atom is -0.258 e. The highest BCUT2D eigenvalue weighted by atomic mass is 32.2. The molecule has 0 bridgehead atoms. The summed E-state index contributed by atoms with van der Waals surface area (Å²) in [6, 6.07) is 6.95. The van der Waals surface area contributed by atoms with E-state index in [1.165, 1.54) is 4.21 Å². The van der Waals surface area contributed by atoms with E-state index in [4.69, 9.17) is 0 Å². The van der Waals surface area contributed by atoms with Crippen LogP contribution in [0.2, 0.25) is 0 Å². The van der Waals surface area contributed by atoms with Gasteiger partial charge in [0.25, 0.3) is 5.69 Å². The van der Waals surface area contributed by atoms with Gasteiger partial charge in [0.2, 0.25) is 0 Å². The number of nitrogens with zero attached hydrogens (tertiary/aromatic N) is 1. The lowest BCUT2D eigenvalue weighted by Gasteiger charge is -1.89. The maximum Gasteiger partial charge on any atom is 0.270 e. The zero-order valence-electron chi connectivity index (χ0n) is 7.39. The summed E-state index contributed by atoms with van der Waals surface area (Å²) in [5.41, 5.74) is 0.156. The maximum atomic E-state index is 10.5. The van der Waals surface area contributed by atoms with E-state index < -0.39 is 0 Å². The normalized spacial score (nSPS) is 10.6. The molecule has 0 radical (unpaired) electrons. The van der Waals surface area contributed by atoms with E-state index >= 15 is 0 Å².